The summed E-state index contributed by atoms with van der Waals surface area (Å²) in [4.78, 5) is 12.8. The second-order valence-electron chi connectivity index (χ2n) is 9.53. The molecule has 3 aromatic heterocycles. The van der Waals surface area contributed by atoms with Gasteiger partial charge in [0, 0.05) is 45.2 Å². The van der Waals surface area contributed by atoms with Crippen LogP contribution in [-0.4, -0.2) is 15.0 Å². The molecule has 194 valence electrons. The molecule has 0 saturated heterocycles. The lowest BCUT2D eigenvalue weighted by molar-refractivity contribution is 0.580. The highest BCUT2D eigenvalue weighted by molar-refractivity contribution is 6.26. The van der Waals surface area contributed by atoms with E-state index in [0.717, 1.165) is 49.8 Å². The van der Waals surface area contributed by atoms with Crippen LogP contribution >= 0.6 is 0 Å². The van der Waals surface area contributed by atoms with Crippen LogP contribution in [0.2, 0.25) is 0 Å². The van der Waals surface area contributed by atoms with Crippen LogP contribution in [0.4, 0.5) is 0 Å². The van der Waals surface area contributed by atoms with Crippen molar-refractivity contribution in [2.75, 3.05) is 0 Å². The molecule has 3 heterocycles. The SMILES string of the molecule is C=C/C=C\C.Cc1oc2c3ccccc3c3ccccc3c2c1/C=C(/c1ncccn1)c1cc2ccccc2[nH]1. The maximum Gasteiger partial charge on any atom is 0.161 e. The number of furan rings is 1. The summed E-state index contributed by atoms with van der Waals surface area (Å²) in [7, 11) is 0. The maximum absolute atomic E-state index is 6.46. The molecule has 0 unspecified atom stereocenters. The molecule has 4 aromatic carbocycles. The van der Waals surface area contributed by atoms with Gasteiger partial charge in [-0.3, -0.25) is 0 Å². The number of hydrogen-bond donors (Lipinski definition) is 1. The third kappa shape index (κ3) is 4.50. The van der Waals surface area contributed by atoms with Crippen LogP contribution in [0.15, 0.2) is 127 Å². The fourth-order valence-corrected chi connectivity index (χ4v) is 5.24. The molecule has 0 atom stereocenters. The Morgan fingerprint density at radius 1 is 0.825 bits per heavy atom. The van der Waals surface area contributed by atoms with Crippen LogP contribution in [0, 0.1) is 6.92 Å². The van der Waals surface area contributed by atoms with Gasteiger partial charge in [-0.2, -0.15) is 0 Å². The highest BCUT2D eigenvalue weighted by Crippen LogP contribution is 2.41. The van der Waals surface area contributed by atoms with Gasteiger partial charge in [0.05, 0.1) is 5.69 Å². The fraction of sp³-hybridized carbons (Fsp3) is 0.0556. The quantitative estimate of drug-likeness (QED) is 0.186. The largest absolute Gasteiger partial charge is 0.460 e. The predicted octanol–water partition coefficient (Wildman–Crippen LogP) is 9.66. The number of aryl methyl sites for hydroxylation is 1. The molecule has 1 N–H and O–H groups in total. The van der Waals surface area contributed by atoms with Crippen molar-refractivity contribution in [3.05, 3.63) is 145 Å². The summed E-state index contributed by atoms with van der Waals surface area (Å²) in [6, 6.07) is 29.3. The summed E-state index contributed by atoms with van der Waals surface area (Å²) < 4.78 is 6.46. The van der Waals surface area contributed by atoms with E-state index in [1.165, 1.54) is 16.2 Å². The van der Waals surface area contributed by atoms with Crippen LogP contribution in [0.5, 0.6) is 0 Å². The first-order valence-electron chi connectivity index (χ1n) is 13.3. The van der Waals surface area contributed by atoms with Gasteiger partial charge in [0.2, 0.25) is 0 Å². The van der Waals surface area contributed by atoms with E-state index in [2.05, 4.69) is 94.3 Å². The number of rotatable bonds is 4. The van der Waals surface area contributed by atoms with E-state index in [1.54, 1.807) is 18.5 Å². The van der Waals surface area contributed by atoms with Crippen molar-refractivity contribution in [3.63, 3.8) is 0 Å². The first kappa shape index (κ1) is 25.1. The average Bonchev–Trinajstić information content (AvgIpc) is 3.58. The minimum atomic E-state index is 0.665. The molecule has 7 aromatic rings. The van der Waals surface area contributed by atoms with Crippen molar-refractivity contribution < 1.29 is 4.42 Å². The molecule has 4 heteroatoms. The van der Waals surface area contributed by atoms with Crippen LogP contribution in [0.1, 0.15) is 29.8 Å². The van der Waals surface area contributed by atoms with Crippen LogP contribution < -0.4 is 0 Å². The zero-order chi connectivity index (χ0) is 27.5. The monoisotopic (exact) mass is 519 g/mol. The summed E-state index contributed by atoms with van der Waals surface area (Å²) in [5.41, 5.74) is 4.92. The number of hydrogen-bond acceptors (Lipinski definition) is 3. The number of benzene rings is 4. The molecule has 0 spiro atoms. The zero-order valence-corrected chi connectivity index (χ0v) is 22.6. The van der Waals surface area contributed by atoms with E-state index >= 15 is 0 Å². The summed E-state index contributed by atoms with van der Waals surface area (Å²) in [5.74, 6) is 1.53. The molecule has 0 fully saturated rings. The lowest BCUT2D eigenvalue weighted by Crippen LogP contribution is -1.95. The van der Waals surface area contributed by atoms with E-state index in [9.17, 15) is 0 Å². The van der Waals surface area contributed by atoms with Crippen molar-refractivity contribution >= 4 is 55.1 Å². The number of allylic oxidation sites excluding steroid dienone is 3. The van der Waals surface area contributed by atoms with Crippen molar-refractivity contribution in [2.24, 2.45) is 0 Å². The van der Waals surface area contributed by atoms with Crippen LogP contribution in [-0.2, 0) is 0 Å². The van der Waals surface area contributed by atoms with Gasteiger partial charge in [0.25, 0.3) is 0 Å². The van der Waals surface area contributed by atoms with E-state index in [4.69, 9.17) is 4.42 Å². The first-order valence-corrected chi connectivity index (χ1v) is 13.3. The van der Waals surface area contributed by atoms with Gasteiger partial charge in [-0.15, -0.1) is 0 Å². The standard InChI is InChI=1S/C31H21N3O.C5H8/c1-19-25(29-23-12-5-3-10-21(23)22-11-4-6-13-24(22)30(29)35-19)18-26(31-32-15-8-16-33-31)28-17-20-9-2-7-14-27(20)34-28;1-3-5-4-2/h2-18,34H,1H3;3-5H,1H2,2H3/b26-18+;5-4-. The van der Waals surface area contributed by atoms with Gasteiger partial charge >= 0.3 is 0 Å². The van der Waals surface area contributed by atoms with Gasteiger partial charge in [0.1, 0.15) is 11.3 Å². The highest BCUT2D eigenvalue weighted by Gasteiger charge is 2.19. The Labute approximate surface area is 233 Å². The molecule has 7 rings (SSSR count). The Bertz CT molecular complexity index is 2010. The predicted molar refractivity (Wildman–Crippen MR) is 168 cm³/mol. The number of para-hydroxylation sites is 1. The molecular weight excluding hydrogens is 490 g/mol. The number of nitrogens with zero attached hydrogens (tertiary/aromatic N) is 2. The number of fused-ring (bicyclic) bond motifs is 7. The zero-order valence-electron chi connectivity index (χ0n) is 22.6. The number of H-pyrrole nitrogens is 1. The van der Waals surface area contributed by atoms with Crippen LogP contribution in [0.3, 0.4) is 0 Å². The Kier molecular flexibility index (Phi) is 6.82. The van der Waals surface area contributed by atoms with E-state index < -0.39 is 0 Å². The molecule has 0 aliphatic carbocycles. The molecule has 40 heavy (non-hydrogen) atoms. The van der Waals surface area contributed by atoms with Gasteiger partial charge in [0.15, 0.2) is 5.82 Å². The van der Waals surface area contributed by atoms with E-state index in [1.807, 2.05) is 44.2 Å². The molecule has 4 nitrogen and oxygen atoms in total. The Balaban J connectivity index is 0.000000534. The third-order valence-corrected chi connectivity index (χ3v) is 7.03. The summed E-state index contributed by atoms with van der Waals surface area (Å²) in [5, 5.41) is 6.97. The van der Waals surface area contributed by atoms with E-state index in [0.29, 0.717) is 5.82 Å². The van der Waals surface area contributed by atoms with Crippen molar-refractivity contribution in [2.45, 2.75) is 13.8 Å². The Morgan fingerprint density at radius 3 is 2.15 bits per heavy atom. The van der Waals surface area contributed by atoms with Crippen LogP contribution in [0.25, 0.3) is 55.1 Å². The second-order valence-corrected chi connectivity index (χ2v) is 9.53. The van der Waals surface area contributed by atoms with E-state index in [-0.39, 0.29) is 0 Å². The molecule has 0 aliphatic heterocycles. The van der Waals surface area contributed by atoms with Gasteiger partial charge < -0.3 is 9.40 Å². The third-order valence-electron chi connectivity index (χ3n) is 7.03. The highest BCUT2D eigenvalue weighted by atomic mass is 16.3. The summed E-state index contributed by atoms with van der Waals surface area (Å²) in [6.07, 6.45) is 11.3. The average molecular weight is 520 g/mol. The van der Waals surface area contributed by atoms with Gasteiger partial charge in [-0.05, 0) is 54.3 Å². The van der Waals surface area contributed by atoms with Gasteiger partial charge in [-0.1, -0.05) is 91.5 Å². The second kappa shape index (κ2) is 10.9. The van der Waals surface area contributed by atoms with Crippen molar-refractivity contribution in [1.29, 1.82) is 0 Å². The summed E-state index contributed by atoms with van der Waals surface area (Å²) >= 11 is 0. The normalized spacial score (nSPS) is 11.9. The molecular formula is C36H29N3O. The molecule has 0 amide bonds. The Hall–Kier alpha value is -5.22. The minimum absolute atomic E-state index is 0.665. The van der Waals surface area contributed by atoms with Gasteiger partial charge in [-0.25, -0.2) is 9.97 Å². The minimum Gasteiger partial charge on any atom is -0.460 e. The number of nitrogens with one attached hydrogen (secondary N) is 1. The van der Waals surface area contributed by atoms with Crippen molar-refractivity contribution in [1.82, 2.24) is 15.0 Å². The molecule has 0 radical (unpaired) electrons. The topological polar surface area (TPSA) is 54.7 Å². The Morgan fingerprint density at radius 2 is 1.48 bits per heavy atom. The first-order chi connectivity index (χ1) is 19.7. The lowest BCUT2D eigenvalue weighted by Gasteiger charge is -2.08. The molecule has 0 aliphatic rings. The summed E-state index contributed by atoms with van der Waals surface area (Å²) in [6.45, 7) is 7.46. The smallest absolute Gasteiger partial charge is 0.161 e. The molecule has 0 bridgehead atoms. The van der Waals surface area contributed by atoms with Crippen molar-refractivity contribution in [3.8, 4) is 0 Å². The molecule has 0 saturated carbocycles. The fourth-order valence-electron chi connectivity index (χ4n) is 5.24. The maximum atomic E-state index is 6.46. The number of aromatic nitrogens is 3. The lowest BCUT2D eigenvalue weighted by atomic mass is 9.95. The number of aromatic amines is 1.